The average Bonchev–Trinajstić information content (AvgIpc) is 2.56. The summed E-state index contributed by atoms with van der Waals surface area (Å²) in [5.74, 6) is 1.14. The number of carbonyl (C=O) groups excluding carboxylic acids is 1. The second-order valence-electron chi connectivity index (χ2n) is 5.70. The van der Waals surface area contributed by atoms with Crippen molar-refractivity contribution in [2.75, 3.05) is 26.8 Å². The van der Waals surface area contributed by atoms with Crippen molar-refractivity contribution in [2.45, 2.75) is 45.4 Å². The molecular weight excluding hydrogens is 292 g/mol. The summed E-state index contributed by atoms with van der Waals surface area (Å²) in [5.41, 5.74) is 6.54. The van der Waals surface area contributed by atoms with Gasteiger partial charge >= 0.3 is 0 Å². The van der Waals surface area contributed by atoms with Crippen LogP contribution in [0, 0.1) is 6.92 Å². The van der Waals surface area contributed by atoms with Crippen LogP contribution in [0.25, 0.3) is 0 Å². The lowest BCUT2D eigenvalue weighted by Crippen LogP contribution is -2.29. The molecule has 5 nitrogen and oxygen atoms in total. The Labute approximate surface area is 139 Å². The largest absolute Gasteiger partial charge is 0.493 e. The quantitative estimate of drug-likeness (QED) is 0.580. The first kappa shape index (κ1) is 19.3. The van der Waals surface area contributed by atoms with Gasteiger partial charge < -0.3 is 20.5 Å². The predicted molar refractivity (Wildman–Crippen MR) is 93.0 cm³/mol. The van der Waals surface area contributed by atoms with E-state index in [1.54, 1.807) is 7.11 Å². The van der Waals surface area contributed by atoms with Crippen LogP contribution in [-0.4, -0.2) is 32.7 Å². The summed E-state index contributed by atoms with van der Waals surface area (Å²) >= 11 is 0. The SMILES string of the molecule is COc1cc(C)ccc1OCC(=O)NCCCCCCCCN. The van der Waals surface area contributed by atoms with Crippen LogP contribution in [-0.2, 0) is 4.79 Å². The summed E-state index contributed by atoms with van der Waals surface area (Å²) in [6, 6.07) is 5.64. The van der Waals surface area contributed by atoms with Crippen LogP contribution in [0.4, 0.5) is 0 Å². The van der Waals surface area contributed by atoms with Crippen molar-refractivity contribution < 1.29 is 14.3 Å². The van der Waals surface area contributed by atoms with Gasteiger partial charge in [-0.15, -0.1) is 0 Å². The van der Waals surface area contributed by atoms with Crippen molar-refractivity contribution >= 4 is 5.91 Å². The molecule has 5 heteroatoms. The minimum Gasteiger partial charge on any atom is -0.493 e. The molecule has 0 spiro atoms. The topological polar surface area (TPSA) is 73.6 Å². The molecule has 1 rings (SSSR count). The van der Waals surface area contributed by atoms with Crippen LogP contribution in [0.1, 0.15) is 44.1 Å². The minimum absolute atomic E-state index is 0.00984. The van der Waals surface area contributed by atoms with Gasteiger partial charge in [-0.25, -0.2) is 0 Å². The van der Waals surface area contributed by atoms with E-state index in [0.717, 1.165) is 31.4 Å². The third kappa shape index (κ3) is 8.45. The maximum absolute atomic E-state index is 11.8. The Morgan fingerprint density at radius 1 is 1.09 bits per heavy atom. The van der Waals surface area contributed by atoms with Crippen molar-refractivity contribution in [3.05, 3.63) is 23.8 Å². The molecule has 1 amide bonds. The molecule has 0 aromatic heterocycles. The average molecular weight is 322 g/mol. The molecule has 0 aliphatic rings. The number of rotatable bonds is 12. The molecule has 0 atom stereocenters. The smallest absolute Gasteiger partial charge is 0.257 e. The van der Waals surface area contributed by atoms with E-state index in [1.807, 2.05) is 25.1 Å². The number of methoxy groups -OCH3 is 1. The highest BCUT2D eigenvalue weighted by Gasteiger charge is 2.07. The molecule has 1 aromatic carbocycles. The monoisotopic (exact) mass is 322 g/mol. The van der Waals surface area contributed by atoms with Crippen molar-refractivity contribution in [1.82, 2.24) is 5.32 Å². The molecule has 3 N–H and O–H groups in total. The van der Waals surface area contributed by atoms with Crippen LogP contribution < -0.4 is 20.5 Å². The zero-order chi connectivity index (χ0) is 16.9. The summed E-state index contributed by atoms with van der Waals surface area (Å²) < 4.78 is 10.8. The van der Waals surface area contributed by atoms with Gasteiger partial charge in [0.25, 0.3) is 5.91 Å². The van der Waals surface area contributed by atoms with E-state index in [1.165, 1.54) is 19.3 Å². The van der Waals surface area contributed by atoms with Gasteiger partial charge in [0, 0.05) is 6.54 Å². The zero-order valence-electron chi connectivity index (χ0n) is 14.4. The van der Waals surface area contributed by atoms with Crippen molar-refractivity contribution in [2.24, 2.45) is 5.73 Å². The number of nitrogens with one attached hydrogen (secondary N) is 1. The first-order valence-corrected chi connectivity index (χ1v) is 8.41. The van der Waals surface area contributed by atoms with Crippen LogP contribution >= 0.6 is 0 Å². The van der Waals surface area contributed by atoms with E-state index in [4.69, 9.17) is 15.2 Å². The summed E-state index contributed by atoms with van der Waals surface area (Å²) in [6.45, 7) is 3.47. The van der Waals surface area contributed by atoms with Crippen LogP contribution in [0.5, 0.6) is 11.5 Å². The highest BCUT2D eigenvalue weighted by Crippen LogP contribution is 2.27. The van der Waals surface area contributed by atoms with Gasteiger partial charge in [0.15, 0.2) is 18.1 Å². The summed E-state index contributed by atoms with van der Waals surface area (Å²) in [7, 11) is 1.59. The minimum atomic E-state index is -0.101. The van der Waals surface area contributed by atoms with Crippen molar-refractivity contribution in [3.63, 3.8) is 0 Å². The van der Waals surface area contributed by atoms with E-state index in [2.05, 4.69) is 5.32 Å². The lowest BCUT2D eigenvalue weighted by Gasteiger charge is -2.11. The number of nitrogens with two attached hydrogens (primary N) is 1. The van der Waals surface area contributed by atoms with Crippen LogP contribution in [0.3, 0.4) is 0 Å². The highest BCUT2D eigenvalue weighted by atomic mass is 16.5. The Balaban J connectivity index is 2.13. The fourth-order valence-electron chi connectivity index (χ4n) is 2.29. The fourth-order valence-corrected chi connectivity index (χ4v) is 2.29. The van der Waals surface area contributed by atoms with Gasteiger partial charge in [-0.05, 0) is 44.0 Å². The normalized spacial score (nSPS) is 10.4. The number of amides is 1. The summed E-state index contributed by atoms with van der Waals surface area (Å²) in [4.78, 5) is 11.8. The van der Waals surface area contributed by atoms with Gasteiger partial charge in [-0.2, -0.15) is 0 Å². The van der Waals surface area contributed by atoms with Crippen LogP contribution in [0.2, 0.25) is 0 Å². The van der Waals surface area contributed by atoms with Crippen LogP contribution in [0.15, 0.2) is 18.2 Å². The molecule has 0 aliphatic carbocycles. The second-order valence-corrected chi connectivity index (χ2v) is 5.70. The molecule has 0 aliphatic heterocycles. The Morgan fingerprint density at radius 3 is 2.48 bits per heavy atom. The molecule has 0 unspecified atom stereocenters. The van der Waals surface area contributed by atoms with E-state index in [-0.39, 0.29) is 12.5 Å². The first-order valence-electron chi connectivity index (χ1n) is 8.41. The fraction of sp³-hybridized carbons (Fsp3) is 0.611. The van der Waals surface area contributed by atoms with E-state index >= 15 is 0 Å². The molecule has 0 saturated carbocycles. The number of carbonyl (C=O) groups is 1. The molecule has 23 heavy (non-hydrogen) atoms. The highest BCUT2D eigenvalue weighted by molar-refractivity contribution is 5.77. The Hall–Kier alpha value is -1.75. The third-order valence-corrected chi connectivity index (χ3v) is 3.63. The standard InChI is InChI=1S/C18H30N2O3/c1-15-9-10-16(17(13-15)22-2)23-14-18(21)20-12-8-6-4-3-5-7-11-19/h9-10,13H,3-8,11-12,14,19H2,1-2H3,(H,20,21). The van der Waals surface area contributed by atoms with E-state index in [9.17, 15) is 4.79 Å². The lowest BCUT2D eigenvalue weighted by molar-refractivity contribution is -0.123. The molecule has 0 saturated heterocycles. The first-order chi connectivity index (χ1) is 11.2. The zero-order valence-corrected chi connectivity index (χ0v) is 14.4. The molecule has 0 radical (unpaired) electrons. The molecule has 0 heterocycles. The van der Waals surface area contributed by atoms with E-state index < -0.39 is 0 Å². The Morgan fingerprint density at radius 2 is 1.78 bits per heavy atom. The van der Waals surface area contributed by atoms with Crippen molar-refractivity contribution in [3.8, 4) is 11.5 Å². The van der Waals surface area contributed by atoms with Gasteiger partial charge in [-0.3, -0.25) is 4.79 Å². The maximum atomic E-state index is 11.8. The lowest BCUT2D eigenvalue weighted by atomic mass is 10.1. The Bertz CT molecular complexity index is 464. The molecular formula is C18H30N2O3. The van der Waals surface area contributed by atoms with Gasteiger partial charge in [-0.1, -0.05) is 31.7 Å². The number of unbranched alkanes of at least 4 members (excludes halogenated alkanes) is 5. The number of benzene rings is 1. The number of hydrogen-bond donors (Lipinski definition) is 2. The third-order valence-electron chi connectivity index (χ3n) is 3.63. The predicted octanol–water partition coefficient (Wildman–Crippen LogP) is 2.80. The van der Waals surface area contributed by atoms with Gasteiger partial charge in [0.1, 0.15) is 0 Å². The molecule has 1 aromatic rings. The number of aryl methyl sites for hydroxylation is 1. The molecule has 130 valence electrons. The summed E-state index contributed by atoms with van der Waals surface area (Å²) in [5, 5.41) is 2.88. The van der Waals surface area contributed by atoms with Gasteiger partial charge in [0.05, 0.1) is 7.11 Å². The van der Waals surface area contributed by atoms with Crippen molar-refractivity contribution in [1.29, 1.82) is 0 Å². The maximum Gasteiger partial charge on any atom is 0.257 e. The summed E-state index contributed by atoms with van der Waals surface area (Å²) in [6.07, 6.45) is 6.87. The molecule has 0 bridgehead atoms. The van der Waals surface area contributed by atoms with Gasteiger partial charge in [0.2, 0.25) is 0 Å². The van der Waals surface area contributed by atoms with E-state index in [0.29, 0.717) is 18.0 Å². The second kappa shape index (κ2) is 11.8. The Kier molecular flexibility index (Phi) is 9.87. The molecule has 0 fully saturated rings. The number of ether oxygens (including phenoxy) is 2. The number of hydrogen-bond acceptors (Lipinski definition) is 4.